The SMILES string of the molecule is CSc1ccc2nc(N(CCN(C)C)C(=O)c3cc(C(F)(F)F)cc(C(F)(F)F)c3)sc2c1. The van der Waals surface area contributed by atoms with E-state index in [0.29, 0.717) is 24.2 Å². The lowest BCUT2D eigenvalue weighted by Gasteiger charge is -2.23. The second-order valence-electron chi connectivity index (χ2n) is 7.38. The number of carbonyl (C=O) groups excluding carboxylic acids is 1. The lowest BCUT2D eigenvalue weighted by molar-refractivity contribution is -0.143. The van der Waals surface area contributed by atoms with Crippen LogP contribution < -0.4 is 4.90 Å². The molecular formula is C21H19F6N3OS2. The number of nitrogens with zero attached hydrogens (tertiary/aromatic N) is 3. The quantitative estimate of drug-likeness (QED) is 0.291. The summed E-state index contributed by atoms with van der Waals surface area (Å²) in [6, 6.07) is 6.34. The van der Waals surface area contributed by atoms with E-state index in [9.17, 15) is 31.1 Å². The third-order valence-electron chi connectivity index (χ3n) is 4.67. The minimum Gasteiger partial charge on any atom is -0.308 e. The lowest BCUT2D eigenvalue weighted by atomic mass is 10.0. The topological polar surface area (TPSA) is 36.4 Å². The molecule has 1 aromatic heterocycles. The monoisotopic (exact) mass is 507 g/mol. The van der Waals surface area contributed by atoms with Crippen LogP contribution in [-0.2, 0) is 12.4 Å². The molecule has 0 saturated carbocycles. The maximum Gasteiger partial charge on any atom is 0.416 e. The summed E-state index contributed by atoms with van der Waals surface area (Å²) in [7, 11) is 3.47. The number of amides is 1. The zero-order valence-electron chi connectivity index (χ0n) is 17.7. The Morgan fingerprint density at radius 1 is 0.970 bits per heavy atom. The van der Waals surface area contributed by atoms with Crippen LogP contribution in [0.4, 0.5) is 31.5 Å². The molecule has 4 nitrogen and oxygen atoms in total. The van der Waals surface area contributed by atoms with Gasteiger partial charge in [0.1, 0.15) is 0 Å². The number of carbonyl (C=O) groups is 1. The summed E-state index contributed by atoms with van der Waals surface area (Å²) >= 11 is 2.65. The van der Waals surface area contributed by atoms with Crippen LogP contribution in [0.3, 0.4) is 0 Å². The van der Waals surface area contributed by atoms with Crippen LogP contribution in [0.1, 0.15) is 21.5 Å². The molecule has 178 valence electrons. The third kappa shape index (κ3) is 5.98. The Labute approximate surface area is 194 Å². The third-order valence-corrected chi connectivity index (χ3v) is 6.43. The first-order valence-electron chi connectivity index (χ1n) is 9.50. The molecular weight excluding hydrogens is 488 g/mol. The molecule has 3 rings (SSSR count). The summed E-state index contributed by atoms with van der Waals surface area (Å²) < 4.78 is 80.4. The standard InChI is InChI=1S/C21H19F6N3OS2/c1-29(2)6-7-30(19-28-16-5-4-15(32-3)11-17(16)33-19)18(31)12-8-13(20(22,23)24)10-14(9-12)21(25,26)27/h4-5,8-11H,6-7H2,1-3H3. The highest BCUT2D eigenvalue weighted by Gasteiger charge is 2.38. The Morgan fingerprint density at radius 3 is 2.09 bits per heavy atom. The van der Waals surface area contributed by atoms with E-state index in [2.05, 4.69) is 4.98 Å². The number of alkyl halides is 6. The van der Waals surface area contributed by atoms with Crippen LogP contribution in [0.25, 0.3) is 10.2 Å². The van der Waals surface area contributed by atoms with Gasteiger partial charge in [0.25, 0.3) is 5.91 Å². The lowest BCUT2D eigenvalue weighted by Crippen LogP contribution is -2.37. The molecule has 0 aliphatic rings. The van der Waals surface area contributed by atoms with Crippen molar-refractivity contribution in [1.29, 1.82) is 0 Å². The molecule has 3 aromatic rings. The second kappa shape index (κ2) is 9.51. The number of halogens is 6. The molecule has 12 heteroatoms. The molecule has 0 unspecified atom stereocenters. The van der Waals surface area contributed by atoms with Crippen molar-refractivity contribution in [1.82, 2.24) is 9.88 Å². The molecule has 0 radical (unpaired) electrons. The van der Waals surface area contributed by atoms with Gasteiger partial charge in [0.15, 0.2) is 5.13 Å². The van der Waals surface area contributed by atoms with E-state index in [-0.39, 0.29) is 17.7 Å². The van der Waals surface area contributed by atoms with Gasteiger partial charge in [0.05, 0.1) is 21.3 Å². The van der Waals surface area contributed by atoms with Gasteiger partial charge in [-0.2, -0.15) is 26.3 Å². The normalized spacial score (nSPS) is 12.5. The van der Waals surface area contributed by atoms with Gasteiger partial charge in [-0.1, -0.05) is 11.3 Å². The number of benzene rings is 2. The van der Waals surface area contributed by atoms with Gasteiger partial charge in [-0.3, -0.25) is 9.69 Å². The number of thioether (sulfide) groups is 1. The van der Waals surface area contributed by atoms with E-state index in [1.54, 1.807) is 25.1 Å². The number of likely N-dealkylation sites (N-methyl/N-ethyl adjacent to an activating group) is 1. The summed E-state index contributed by atoms with van der Waals surface area (Å²) in [6.07, 6.45) is -8.20. The number of thiazole rings is 1. The highest BCUT2D eigenvalue weighted by molar-refractivity contribution is 7.98. The van der Waals surface area contributed by atoms with Gasteiger partial charge in [-0.15, -0.1) is 11.8 Å². The summed E-state index contributed by atoms with van der Waals surface area (Å²) in [6.45, 7) is 0.349. The molecule has 0 N–H and O–H groups in total. The summed E-state index contributed by atoms with van der Waals surface area (Å²) in [5, 5.41) is 0.195. The molecule has 0 bridgehead atoms. The smallest absolute Gasteiger partial charge is 0.308 e. The van der Waals surface area contributed by atoms with Crippen LogP contribution in [0.5, 0.6) is 0 Å². The van der Waals surface area contributed by atoms with Crippen molar-refractivity contribution in [2.24, 2.45) is 0 Å². The van der Waals surface area contributed by atoms with Gasteiger partial charge >= 0.3 is 12.4 Å². The molecule has 33 heavy (non-hydrogen) atoms. The zero-order valence-corrected chi connectivity index (χ0v) is 19.3. The largest absolute Gasteiger partial charge is 0.416 e. The number of aromatic nitrogens is 1. The molecule has 1 heterocycles. The van der Waals surface area contributed by atoms with Gasteiger partial charge in [0, 0.05) is 23.5 Å². The summed E-state index contributed by atoms with van der Waals surface area (Å²) in [5.41, 5.74) is -3.21. The van der Waals surface area contributed by atoms with E-state index in [0.717, 1.165) is 25.8 Å². The molecule has 0 atom stereocenters. The van der Waals surface area contributed by atoms with Crippen LogP contribution in [0.15, 0.2) is 41.3 Å². The summed E-state index contributed by atoms with van der Waals surface area (Å²) in [4.78, 5) is 21.5. The molecule has 0 aliphatic heterocycles. The van der Waals surface area contributed by atoms with Crippen molar-refractivity contribution in [2.75, 3.05) is 38.3 Å². The molecule has 0 fully saturated rings. The Morgan fingerprint density at radius 2 is 1.58 bits per heavy atom. The highest BCUT2D eigenvalue weighted by Crippen LogP contribution is 2.37. The first-order valence-corrected chi connectivity index (χ1v) is 11.5. The van der Waals surface area contributed by atoms with E-state index >= 15 is 0 Å². The maximum absolute atomic E-state index is 13.3. The number of fused-ring (bicyclic) bond motifs is 1. The van der Waals surface area contributed by atoms with Gasteiger partial charge in [0.2, 0.25) is 0 Å². The Bertz CT molecular complexity index is 1120. The average Bonchev–Trinajstić information content (AvgIpc) is 3.14. The predicted molar refractivity (Wildman–Crippen MR) is 118 cm³/mol. The van der Waals surface area contributed by atoms with E-state index < -0.39 is 35.0 Å². The molecule has 0 saturated heterocycles. The Balaban J connectivity index is 2.11. The molecule has 1 amide bonds. The Kier molecular flexibility index (Phi) is 7.30. The van der Waals surface area contributed by atoms with Crippen molar-refractivity contribution in [3.05, 3.63) is 53.1 Å². The minimum atomic E-state index is -5.05. The second-order valence-corrected chi connectivity index (χ2v) is 9.27. The first kappa shape index (κ1) is 25.3. The van der Waals surface area contributed by atoms with Crippen LogP contribution in [0.2, 0.25) is 0 Å². The fourth-order valence-corrected chi connectivity index (χ4v) is 4.50. The first-order chi connectivity index (χ1) is 15.3. The summed E-state index contributed by atoms with van der Waals surface area (Å²) in [5.74, 6) is -0.988. The molecule has 0 spiro atoms. The van der Waals surface area contributed by atoms with Crippen LogP contribution in [0, 0.1) is 0 Å². The van der Waals surface area contributed by atoms with E-state index in [1.807, 2.05) is 18.4 Å². The Hall–Kier alpha value is -2.31. The number of rotatable bonds is 6. The fourth-order valence-electron chi connectivity index (χ4n) is 2.95. The average molecular weight is 508 g/mol. The number of hydrogen-bond acceptors (Lipinski definition) is 5. The minimum absolute atomic E-state index is 0.00255. The predicted octanol–water partition coefficient (Wildman–Crippen LogP) is 6.26. The van der Waals surface area contributed by atoms with E-state index in [1.165, 1.54) is 11.8 Å². The zero-order chi connectivity index (χ0) is 24.6. The fraction of sp³-hybridized carbons (Fsp3) is 0.333. The highest BCUT2D eigenvalue weighted by atomic mass is 32.2. The number of hydrogen-bond donors (Lipinski definition) is 0. The van der Waals surface area contributed by atoms with Crippen molar-refractivity contribution in [3.8, 4) is 0 Å². The number of anilines is 1. The molecule has 0 aliphatic carbocycles. The van der Waals surface area contributed by atoms with Crippen molar-refractivity contribution in [2.45, 2.75) is 17.2 Å². The van der Waals surface area contributed by atoms with Crippen LogP contribution >= 0.6 is 23.1 Å². The van der Waals surface area contributed by atoms with Crippen LogP contribution in [-0.4, -0.2) is 49.2 Å². The van der Waals surface area contributed by atoms with E-state index in [4.69, 9.17) is 0 Å². The van der Waals surface area contributed by atoms with Crippen molar-refractivity contribution in [3.63, 3.8) is 0 Å². The van der Waals surface area contributed by atoms with Gasteiger partial charge < -0.3 is 4.90 Å². The van der Waals surface area contributed by atoms with Crippen molar-refractivity contribution >= 4 is 44.4 Å². The molecule has 2 aromatic carbocycles. The maximum atomic E-state index is 13.3. The van der Waals surface area contributed by atoms with Gasteiger partial charge in [-0.25, -0.2) is 4.98 Å². The van der Waals surface area contributed by atoms with Crippen molar-refractivity contribution < 1.29 is 31.1 Å². The van der Waals surface area contributed by atoms with Gasteiger partial charge in [-0.05, 0) is 56.7 Å².